The maximum Gasteiger partial charge on any atom is 0.250 e. The topological polar surface area (TPSA) is 51.2 Å². The summed E-state index contributed by atoms with van der Waals surface area (Å²) in [4.78, 5) is 15.5. The first kappa shape index (κ1) is 14.5. The average Bonchev–Trinajstić information content (AvgIpc) is 2.47. The number of rotatable bonds is 6. The molecule has 0 bridgehead atoms. The largest absolute Gasteiger partial charge is 0.371 e. The summed E-state index contributed by atoms with van der Waals surface area (Å²) in [5, 5.41) is 3.07. The number of hydrogen-bond donors (Lipinski definition) is 1. The molecule has 0 aliphatic heterocycles. The van der Waals surface area contributed by atoms with Crippen LogP contribution in [0.15, 0.2) is 48.7 Å². The van der Waals surface area contributed by atoms with Crippen molar-refractivity contribution < 1.29 is 9.53 Å². The van der Waals surface area contributed by atoms with E-state index < -0.39 is 0 Å². The number of amides is 1. The third-order valence-corrected chi connectivity index (χ3v) is 2.85. The first-order valence-corrected chi connectivity index (χ1v) is 6.65. The standard InChI is InChI=1S/C15H15ClN2O2/c16-14-7-6-13(10-17-14)18-15(19)11-20-9-8-12-4-2-1-3-5-12/h1-7,10H,8-9,11H2,(H,18,19). The van der Waals surface area contributed by atoms with Gasteiger partial charge in [-0.15, -0.1) is 0 Å². The Morgan fingerprint density at radius 1 is 1.20 bits per heavy atom. The lowest BCUT2D eigenvalue weighted by Gasteiger charge is -2.06. The molecular formula is C15H15ClN2O2. The molecule has 1 heterocycles. The highest BCUT2D eigenvalue weighted by Crippen LogP contribution is 2.09. The van der Waals surface area contributed by atoms with Gasteiger partial charge in [-0.2, -0.15) is 0 Å². The van der Waals surface area contributed by atoms with Gasteiger partial charge in [0.25, 0.3) is 0 Å². The summed E-state index contributed by atoms with van der Waals surface area (Å²) in [6.07, 6.45) is 2.29. The Labute approximate surface area is 122 Å². The first-order valence-electron chi connectivity index (χ1n) is 6.27. The molecule has 20 heavy (non-hydrogen) atoms. The van der Waals surface area contributed by atoms with Gasteiger partial charge in [-0.1, -0.05) is 41.9 Å². The number of nitrogens with zero attached hydrogens (tertiary/aromatic N) is 1. The highest BCUT2D eigenvalue weighted by atomic mass is 35.5. The third-order valence-electron chi connectivity index (χ3n) is 2.62. The lowest BCUT2D eigenvalue weighted by Crippen LogP contribution is -2.19. The van der Waals surface area contributed by atoms with Crippen LogP contribution in [0.2, 0.25) is 5.15 Å². The summed E-state index contributed by atoms with van der Waals surface area (Å²) in [5.41, 5.74) is 1.79. The third kappa shape index (κ3) is 4.99. The number of pyridine rings is 1. The molecule has 104 valence electrons. The summed E-state index contributed by atoms with van der Waals surface area (Å²) in [7, 11) is 0. The van der Waals surface area contributed by atoms with E-state index in [-0.39, 0.29) is 12.5 Å². The Morgan fingerprint density at radius 3 is 2.70 bits per heavy atom. The highest BCUT2D eigenvalue weighted by molar-refractivity contribution is 6.29. The predicted octanol–water partition coefficient (Wildman–Crippen LogP) is 2.93. The Bertz CT molecular complexity index is 544. The van der Waals surface area contributed by atoms with E-state index in [9.17, 15) is 4.79 Å². The summed E-state index contributed by atoms with van der Waals surface area (Å²) in [6.45, 7) is 0.533. The van der Waals surface area contributed by atoms with Crippen LogP contribution in [0.3, 0.4) is 0 Å². The number of benzene rings is 1. The van der Waals surface area contributed by atoms with Gasteiger partial charge in [-0.3, -0.25) is 4.79 Å². The minimum Gasteiger partial charge on any atom is -0.371 e. The molecule has 0 aliphatic rings. The number of carbonyl (C=O) groups is 1. The lowest BCUT2D eigenvalue weighted by molar-refractivity contribution is -0.120. The van der Waals surface area contributed by atoms with Gasteiger partial charge in [0.15, 0.2) is 0 Å². The monoisotopic (exact) mass is 290 g/mol. The van der Waals surface area contributed by atoms with Crippen LogP contribution in [-0.2, 0) is 16.0 Å². The predicted molar refractivity (Wildman–Crippen MR) is 78.8 cm³/mol. The van der Waals surface area contributed by atoms with Gasteiger partial charge in [-0.05, 0) is 24.1 Å². The summed E-state index contributed by atoms with van der Waals surface area (Å²) < 4.78 is 5.34. The van der Waals surface area contributed by atoms with Crippen LogP contribution in [0, 0.1) is 0 Å². The van der Waals surface area contributed by atoms with Crippen molar-refractivity contribution in [2.24, 2.45) is 0 Å². The van der Waals surface area contributed by atoms with Crippen LogP contribution in [0.1, 0.15) is 5.56 Å². The molecule has 0 aliphatic carbocycles. The van der Waals surface area contributed by atoms with Crippen LogP contribution in [0.5, 0.6) is 0 Å². The van der Waals surface area contributed by atoms with Crippen molar-refractivity contribution in [2.75, 3.05) is 18.5 Å². The second kappa shape index (κ2) is 7.62. The molecule has 1 N–H and O–H groups in total. The number of nitrogens with one attached hydrogen (secondary N) is 1. The van der Waals surface area contributed by atoms with Crippen LogP contribution >= 0.6 is 11.6 Å². The van der Waals surface area contributed by atoms with Crippen molar-refractivity contribution in [1.29, 1.82) is 0 Å². The van der Waals surface area contributed by atoms with E-state index >= 15 is 0 Å². The molecule has 1 aromatic heterocycles. The van der Waals surface area contributed by atoms with Gasteiger partial charge >= 0.3 is 0 Å². The minimum absolute atomic E-state index is 0.0233. The SMILES string of the molecule is O=C(COCCc1ccccc1)Nc1ccc(Cl)nc1. The van der Waals surface area contributed by atoms with Crippen molar-refractivity contribution in [2.45, 2.75) is 6.42 Å². The van der Waals surface area contributed by atoms with E-state index in [0.29, 0.717) is 17.4 Å². The maximum atomic E-state index is 11.6. The fourth-order valence-corrected chi connectivity index (χ4v) is 1.76. The molecule has 1 aromatic carbocycles. The molecule has 4 nitrogen and oxygen atoms in total. The van der Waals surface area contributed by atoms with Crippen LogP contribution in [0.25, 0.3) is 0 Å². The Morgan fingerprint density at radius 2 is 2.00 bits per heavy atom. The summed E-state index contributed by atoms with van der Waals surface area (Å²) >= 11 is 5.66. The molecule has 0 radical (unpaired) electrons. The van der Waals surface area contributed by atoms with E-state index in [1.807, 2.05) is 30.3 Å². The van der Waals surface area contributed by atoms with Crippen LogP contribution in [-0.4, -0.2) is 24.1 Å². The number of halogens is 1. The van der Waals surface area contributed by atoms with Gasteiger partial charge in [0.05, 0.1) is 18.5 Å². The molecule has 5 heteroatoms. The second-order valence-electron chi connectivity index (χ2n) is 4.21. The zero-order valence-electron chi connectivity index (χ0n) is 10.9. The molecule has 0 saturated carbocycles. The zero-order valence-corrected chi connectivity index (χ0v) is 11.6. The normalized spacial score (nSPS) is 10.2. The molecule has 0 spiro atoms. The van der Waals surface area contributed by atoms with E-state index in [1.54, 1.807) is 12.1 Å². The van der Waals surface area contributed by atoms with E-state index in [1.165, 1.54) is 11.8 Å². The van der Waals surface area contributed by atoms with Crippen molar-refractivity contribution in [3.63, 3.8) is 0 Å². The fraction of sp³-hybridized carbons (Fsp3) is 0.200. The van der Waals surface area contributed by atoms with E-state index in [4.69, 9.17) is 16.3 Å². The van der Waals surface area contributed by atoms with Crippen molar-refractivity contribution in [1.82, 2.24) is 4.98 Å². The number of hydrogen-bond acceptors (Lipinski definition) is 3. The lowest BCUT2D eigenvalue weighted by atomic mass is 10.2. The fourth-order valence-electron chi connectivity index (χ4n) is 1.65. The smallest absolute Gasteiger partial charge is 0.250 e. The molecular weight excluding hydrogens is 276 g/mol. The van der Waals surface area contributed by atoms with Gasteiger partial charge < -0.3 is 10.1 Å². The van der Waals surface area contributed by atoms with Gasteiger partial charge in [-0.25, -0.2) is 4.98 Å². The van der Waals surface area contributed by atoms with Crippen LogP contribution in [0.4, 0.5) is 5.69 Å². The number of carbonyl (C=O) groups excluding carboxylic acids is 1. The molecule has 1 amide bonds. The molecule has 0 fully saturated rings. The number of ether oxygens (including phenoxy) is 1. The Kier molecular flexibility index (Phi) is 5.53. The van der Waals surface area contributed by atoms with Gasteiger partial charge in [0, 0.05) is 0 Å². The number of anilines is 1. The minimum atomic E-state index is -0.206. The molecule has 0 unspecified atom stereocenters. The highest BCUT2D eigenvalue weighted by Gasteiger charge is 2.03. The van der Waals surface area contributed by atoms with Crippen molar-refractivity contribution >= 4 is 23.2 Å². The van der Waals surface area contributed by atoms with Crippen molar-refractivity contribution in [3.05, 3.63) is 59.4 Å². The van der Waals surface area contributed by atoms with Gasteiger partial charge in [0.1, 0.15) is 11.8 Å². The van der Waals surface area contributed by atoms with Gasteiger partial charge in [0.2, 0.25) is 5.91 Å². The first-order chi connectivity index (χ1) is 9.74. The quantitative estimate of drug-likeness (QED) is 0.657. The Hall–Kier alpha value is -1.91. The van der Waals surface area contributed by atoms with Crippen molar-refractivity contribution in [3.8, 4) is 0 Å². The second-order valence-corrected chi connectivity index (χ2v) is 4.59. The average molecular weight is 291 g/mol. The van der Waals surface area contributed by atoms with E-state index in [2.05, 4.69) is 10.3 Å². The summed E-state index contributed by atoms with van der Waals surface area (Å²) in [6, 6.07) is 13.3. The zero-order chi connectivity index (χ0) is 14.2. The molecule has 0 saturated heterocycles. The summed E-state index contributed by atoms with van der Waals surface area (Å²) in [5.74, 6) is -0.206. The van der Waals surface area contributed by atoms with E-state index in [0.717, 1.165) is 6.42 Å². The molecule has 2 aromatic rings. The molecule has 2 rings (SSSR count). The Balaban J connectivity index is 1.66. The van der Waals surface area contributed by atoms with Crippen LogP contribution < -0.4 is 5.32 Å². The number of aromatic nitrogens is 1. The molecule has 0 atom stereocenters. The maximum absolute atomic E-state index is 11.6.